The van der Waals surface area contributed by atoms with Crippen molar-refractivity contribution in [3.63, 3.8) is 0 Å². The summed E-state index contributed by atoms with van der Waals surface area (Å²) in [5.41, 5.74) is 4.01. The molecule has 1 aliphatic rings. The zero-order valence-corrected chi connectivity index (χ0v) is 10.4. The van der Waals surface area contributed by atoms with Crippen LogP contribution in [0.15, 0.2) is 52.4 Å². The topological polar surface area (TPSA) is 49.7 Å². The van der Waals surface area contributed by atoms with E-state index in [9.17, 15) is 9.93 Å². The number of nitrogens with zero attached hydrogens (tertiary/aromatic N) is 1. The molecule has 0 unspecified atom stereocenters. The van der Waals surface area contributed by atoms with Crippen LogP contribution in [0.3, 0.4) is 0 Å². The summed E-state index contributed by atoms with van der Waals surface area (Å²) in [4.78, 5) is 11.6. The molecule has 0 spiro atoms. The van der Waals surface area contributed by atoms with Crippen molar-refractivity contribution < 1.29 is 5.02 Å². The van der Waals surface area contributed by atoms with Gasteiger partial charge < -0.3 is 5.02 Å². The van der Waals surface area contributed by atoms with Crippen LogP contribution >= 0.6 is 11.8 Å². The van der Waals surface area contributed by atoms with Crippen LogP contribution < -0.4 is 5.46 Å². The quantitative estimate of drug-likeness (QED) is 0.662. The van der Waals surface area contributed by atoms with E-state index in [4.69, 9.17) is 0 Å². The maximum Gasteiger partial charge on any atom is 0.517 e. The first-order valence-electron chi connectivity index (χ1n) is 5.65. The van der Waals surface area contributed by atoms with Gasteiger partial charge >= 0.3 is 7.05 Å². The van der Waals surface area contributed by atoms with Gasteiger partial charge in [-0.1, -0.05) is 41.5 Å². The van der Waals surface area contributed by atoms with Crippen LogP contribution in [0.1, 0.15) is 5.56 Å². The maximum atomic E-state index is 10.4. The van der Waals surface area contributed by atoms with Crippen LogP contribution in [0, 0.1) is 4.91 Å². The predicted octanol–water partition coefficient (Wildman–Crippen LogP) is 2.41. The number of fused-ring (bicyclic) bond motifs is 3. The lowest BCUT2D eigenvalue weighted by Crippen LogP contribution is -2.28. The van der Waals surface area contributed by atoms with E-state index in [2.05, 4.69) is 17.2 Å². The summed E-state index contributed by atoms with van der Waals surface area (Å²) in [5, 5.41) is 12.2. The van der Waals surface area contributed by atoms with Crippen molar-refractivity contribution in [1.29, 1.82) is 0 Å². The summed E-state index contributed by atoms with van der Waals surface area (Å²) in [6.07, 6.45) is 0. The molecule has 0 radical (unpaired) electrons. The minimum Gasteiger partial charge on any atom is -0.425 e. The van der Waals surface area contributed by atoms with Crippen molar-refractivity contribution in [3.05, 3.63) is 52.9 Å². The Labute approximate surface area is 109 Å². The summed E-state index contributed by atoms with van der Waals surface area (Å²) < 4.78 is 0. The fourth-order valence-corrected chi connectivity index (χ4v) is 3.23. The monoisotopic (exact) mass is 255 g/mol. The van der Waals surface area contributed by atoms with Crippen molar-refractivity contribution in [3.8, 4) is 11.1 Å². The van der Waals surface area contributed by atoms with Crippen molar-refractivity contribution in [2.45, 2.75) is 10.6 Å². The largest absolute Gasteiger partial charge is 0.517 e. The first kappa shape index (κ1) is 11.5. The third kappa shape index (κ3) is 1.85. The van der Waals surface area contributed by atoms with Crippen LogP contribution in [-0.2, 0) is 5.75 Å². The Morgan fingerprint density at radius 2 is 2.00 bits per heavy atom. The summed E-state index contributed by atoms with van der Waals surface area (Å²) >= 11 is 1.80. The van der Waals surface area contributed by atoms with Crippen molar-refractivity contribution in [1.82, 2.24) is 0 Å². The standard InChI is InChI=1S/C13H10BNO2S/c16-14(15-17)10-6-5-9-8-18-13-4-2-1-3-11(13)12(9)7-10/h1-7,16H,8H2. The molecule has 0 amide bonds. The number of thioether (sulfide) groups is 1. The lowest BCUT2D eigenvalue weighted by molar-refractivity contribution is 0.587. The molecule has 2 aromatic carbocycles. The minimum atomic E-state index is -1.28. The molecule has 0 aromatic heterocycles. The molecule has 3 rings (SSSR count). The van der Waals surface area contributed by atoms with Crippen molar-refractivity contribution in [2.24, 2.45) is 5.09 Å². The molecule has 2 aromatic rings. The zero-order valence-electron chi connectivity index (χ0n) is 9.54. The highest BCUT2D eigenvalue weighted by molar-refractivity contribution is 7.98. The SMILES string of the molecule is O=NB(O)c1ccc2c(c1)-c1ccccc1SC2. The molecule has 1 heterocycles. The van der Waals surface area contributed by atoms with Gasteiger partial charge in [0.2, 0.25) is 0 Å². The van der Waals surface area contributed by atoms with Crippen molar-refractivity contribution in [2.75, 3.05) is 0 Å². The fraction of sp³-hybridized carbons (Fsp3) is 0.0769. The minimum absolute atomic E-state index is 0.547. The van der Waals surface area contributed by atoms with Gasteiger partial charge in [-0.15, -0.1) is 11.8 Å². The van der Waals surface area contributed by atoms with E-state index in [-0.39, 0.29) is 0 Å². The van der Waals surface area contributed by atoms with Crippen LogP contribution in [0.5, 0.6) is 0 Å². The Hall–Kier alpha value is -1.59. The first-order valence-corrected chi connectivity index (χ1v) is 6.63. The van der Waals surface area contributed by atoms with Gasteiger partial charge in [0.15, 0.2) is 0 Å². The fourth-order valence-electron chi connectivity index (χ4n) is 2.16. The van der Waals surface area contributed by atoms with E-state index >= 15 is 0 Å². The lowest BCUT2D eigenvalue weighted by atomic mass is 9.74. The molecule has 0 saturated heterocycles. The summed E-state index contributed by atoms with van der Waals surface area (Å²) in [5.74, 6) is 0.914. The summed E-state index contributed by atoms with van der Waals surface area (Å²) in [7, 11) is -1.28. The Kier molecular flexibility index (Phi) is 2.93. The summed E-state index contributed by atoms with van der Waals surface area (Å²) in [6, 6.07) is 13.7. The second-order valence-electron chi connectivity index (χ2n) is 4.18. The van der Waals surface area contributed by atoms with E-state index in [1.807, 2.05) is 24.3 Å². The lowest BCUT2D eigenvalue weighted by Gasteiger charge is -2.19. The normalized spacial score (nSPS) is 12.5. The van der Waals surface area contributed by atoms with Crippen LogP contribution in [0.4, 0.5) is 0 Å². The zero-order chi connectivity index (χ0) is 12.5. The predicted molar refractivity (Wildman–Crippen MR) is 74.8 cm³/mol. The van der Waals surface area contributed by atoms with E-state index in [1.165, 1.54) is 10.5 Å². The van der Waals surface area contributed by atoms with Gasteiger partial charge in [0.1, 0.15) is 0 Å². The van der Waals surface area contributed by atoms with Gasteiger partial charge in [-0.25, -0.2) is 0 Å². The second-order valence-corrected chi connectivity index (χ2v) is 5.20. The van der Waals surface area contributed by atoms with Gasteiger partial charge in [0, 0.05) is 10.6 Å². The van der Waals surface area contributed by atoms with Crippen molar-refractivity contribution >= 4 is 24.3 Å². The van der Waals surface area contributed by atoms with Crippen LogP contribution in [0.25, 0.3) is 11.1 Å². The van der Waals surface area contributed by atoms with E-state index in [0.29, 0.717) is 5.46 Å². The average Bonchev–Trinajstić information content (AvgIpc) is 2.45. The Bertz CT molecular complexity index is 618. The van der Waals surface area contributed by atoms with E-state index in [0.717, 1.165) is 16.9 Å². The molecule has 0 fully saturated rings. The highest BCUT2D eigenvalue weighted by atomic mass is 32.2. The maximum absolute atomic E-state index is 10.4. The van der Waals surface area contributed by atoms with Crippen LogP contribution in [-0.4, -0.2) is 12.1 Å². The van der Waals surface area contributed by atoms with Gasteiger partial charge in [-0.05, 0) is 28.2 Å². The number of nitroso groups, excluding NO2 is 1. The van der Waals surface area contributed by atoms with Gasteiger partial charge in [-0.3, -0.25) is 0 Å². The third-order valence-electron chi connectivity index (χ3n) is 3.09. The molecule has 1 aliphatic heterocycles. The molecule has 5 heteroatoms. The molecular weight excluding hydrogens is 245 g/mol. The Balaban J connectivity index is 2.16. The highest BCUT2D eigenvalue weighted by Crippen LogP contribution is 2.40. The van der Waals surface area contributed by atoms with Crippen LogP contribution in [0.2, 0.25) is 0 Å². The number of hydrogen-bond donors (Lipinski definition) is 1. The smallest absolute Gasteiger partial charge is 0.425 e. The van der Waals surface area contributed by atoms with Gasteiger partial charge in [-0.2, -0.15) is 4.91 Å². The summed E-state index contributed by atoms with van der Waals surface area (Å²) in [6.45, 7) is 0. The molecule has 0 aliphatic carbocycles. The molecule has 1 N–H and O–H groups in total. The highest BCUT2D eigenvalue weighted by Gasteiger charge is 2.21. The Morgan fingerprint density at radius 3 is 2.83 bits per heavy atom. The average molecular weight is 255 g/mol. The molecule has 0 bridgehead atoms. The third-order valence-corrected chi connectivity index (χ3v) is 4.21. The second kappa shape index (κ2) is 4.59. The molecule has 3 nitrogen and oxygen atoms in total. The van der Waals surface area contributed by atoms with E-state index < -0.39 is 7.05 Å². The van der Waals surface area contributed by atoms with Gasteiger partial charge in [0.25, 0.3) is 0 Å². The molecule has 88 valence electrons. The molecule has 18 heavy (non-hydrogen) atoms. The van der Waals surface area contributed by atoms with Gasteiger partial charge in [0.05, 0.1) is 0 Å². The number of benzene rings is 2. The molecule has 0 saturated carbocycles. The number of hydrogen-bond acceptors (Lipinski definition) is 4. The number of rotatable bonds is 2. The Morgan fingerprint density at radius 1 is 1.17 bits per heavy atom. The molecule has 0 atom stereocenters. The first-order chi connectivity index (χ1) is 8.79. The van der Waals surface area contributed by atoms with E-state index in [1.54, 1.807) is 17.8 Å². The molecular formula is C13H10BNO2S.